The molecule has 0 unspecified atom stereocenters. The first-order valence-electron chi connectivity index (χ1n) is 5.91. The van der Waals surface area contributed by atoms with Crippen molar-refractivity contribution >= 4 is 0 Å². The smallest absolute Gasteiger partial charge is 0.138 e. The van der Waals surface area contributed by atoms with E-state index in [4.69, 9.17) is 0 Å². The van der Waals surface area contributed by atoms with Crippen LogP contribution in [0.2, 0.25) is 0 Å². The van der Waals surface area contributed by atoms with Crippen LogP contribution in [0.5, 0.6) is 0 Å². The first-order chi connectivity index (χ1) is 7.95. The van der Waals surface area contributed by atoms with Crippen molar-refractivity contribution in [1.29, 1.82) is 0 Å². The van der Waals surface area contributed by atoms with E-state index in [9.17, 15) is 0 Å². The highest BCUT2D eigenvalue weighted by atomic mass is 14.9. The van der Waals surface area contributed by atoms with Crippen molar-refractivity contribution < 1.29 is 5.32 Å². The van der Waals surface area contributed by atoms with Gasteiger partial charge in [-0.3, -0.25) is 0 Å². The third-order valence-electron chi connectivity index (χ3n) is 3.36. The van der Waals surface area contributed by atoms with Crippen LogP contribution in [0, 0.1) is 0 Å². The van der Waals surface area contributed by atoms with Gasteiger partial charge in [0.1, 0.15) is 6.04 Å². The van der Waals surface area contributed by atoms with E-state index in [1.54, 1.807) is 0 Å². The van der Waals surface area contributed by atoms with Gasteiger partial charge in [-0.1, -0.05) is 54.6 Å². The van der Waals surface area contributed by atoms with Crippen molar-refractivity contribution in [1.82, 2.24) is 0 Å². The number of fused-ring (bicyclic) bond motifs is 1. The summed E-state index contributed by atoms with van der Waals surface area (Å²) in [6.45, 7) is 1.19. The molecule has 0 spiro atoms. The molecule has 3 rings (SSSR count). The minimum Gasteiger partial charge on any atom is -0.336 e. The third-order valence-corrected chi connectivity index (χ3v) is 3.36. The van der Waals surface area contributed by atoms with E-state index < -0.39 is 0 Å². The van der Waals surface area contributed by atoms with Crippen LogP contribution in [-0.2, 0) is 6.42 Å². The molecule has 1 heterocycles. The molecule has 0 saturated heterocycles. The highest BCUT2D eigenvalue weighted by Gasteiger charge is 2.23. The number of hydrogen-bond donors (Lipinski definition) is 1. The Morgan fingerprint density at radius 1 is 0.875 bits per heavy atom. The van der Waals surface area contributed by atoms with Crippen LogP contribution in [-0.4, -0.2) is 6.54 Å². The standard InChI is InChI=1S/C15H15N/c1-2-7-13(8-3-1)15-14-9-5-4-6-12(14)10-11-16-15/h1-9,15-16H,10-11H2/p+1/t15-/m1/s1. The SMILES string of the molecule is c1ccc([C@H]2[NH2+]CCc3ccccc32)cc1. The lowest BCUT2D eigenvalue weighted by Gasteiger charge is -2.23. The van der Waals surface area contributed by atoms with Crippen molar-refractivity contribution in [2.75, 3.05) is 6.54 Å². The van der Waals surface area contributed by atoms with Gasteiger partial charge >= 0.3 is 0 Å². The first kappa shape index (κ1) is 9.61. The predicted molar refractivity (Wildman–Crippen MR) is 65.2 cm³/mol. The summed E-state index contributed by atoms with van der Waals surface area (Å²) in [7, 11) is 0. The molecule has 0 radical (unpaired) electrons. The van der Waals surface area contributed by atoms with E-state index in [2.05, 4.69) is 59.9 Å². The summed E-state index contributed by atoms with van der Waals surface area (Å²) in [5, 5.41) is 2.44. The molecular formula is C15H16N+. The van der Waals surface area contributed by atoms with E-state index in [-0.39, 0.29) is 0 Å². The topological polar surface area (TPSA) is 16.6 Å². The molecule has 0 bridgehead atoms. The summed E-state index contributed by atoms with van der Waals surface area (Å²) in [5.74, 6) is 0. The molecule has 1 atom stereocenters. The number of benzene rings is 2. The minimum atomic E-state index is 0.492. The van der Waals surface area contributed by atoms with Crippen LogP contribution in [0.25, 0.3) is 0 Å². The predicted octanol–water partition coefficient (Wildman–Crippen LogP) is 1.90. The van der Waals surface area contributed by atoms with Crippen LogP contribution in [0.3, 0.4) is 0 Å². The van der Waals surface area contributed by atoms with E-state index in [0.29, 0.717) is 6.04 Å². The Bertz CT molecular complexity index is 476. The molecule has 0 amide bonds. The molecule has 1 aliphatic rings. The monoisotopic (exact) mass is 210 g/mol. The molecule has 1 heteroatoms. The summed E-state index contributed by atoms with van der Waals surface area (Å²) >= 11 is 0. The fraction of sp³-hybridized carbons (Fsp3) is 0.200. The summed E-state index contributed by atoms with van der Waals surface area (Å²) < 4.78 is 0. The van der Waals surface area contributed by atoms with Gasteiger partial charge in [-0.05, 0) is 5.56 Å². The van der Waals surface area contributed by atoms with Gasteiger partial charge < -0.3 is 5.32 Å². The zero-order valence-corrected chi connectivity index (χ0v) is 9.27. The van der Waals surface area contributed by atoms with Crippen molar-refractivity contribution in [2.24, 2.45) is 0 Å². The summed E-state index contributed by atoms with van der Waals surface area (Å²) in [5.41, 5.74) is 4.41. The maximum absolute atomic E-state index is 2.44. The van der Waals surface area contributed by atoms with E-state index >= 15 is 0 Å². The number of quaternary nitrogens is 1. The van der Waals surface area contributed by atoms with Crippen LogP contribution in [0.1, 0.15) is 22.7 Å². The number of nitrogens with two attached hydrogens (primary N) is 1. The van der Waals surface area contributed by atoms with Crippen LogP contribution in [0.4, 0.5) is 0 Å². The molecule has 2 N–H and O–H groups in total. The van der Waals surface area contributed by atoms with Crippen molar-refractivity contribution in [2.45, 2.75) is 12.5 Å². The quantitative estimate of drug-likeness (QED) is 0.740. The van der Waals surface area contributed by atoms with Crippen molar-refractivity contribution in [3.05, 3.63) is 71.3 Å². The van der Waals surface area contributed by atoms with Crippen LogP contribution < -0.4 is 5.32 Å². The molecule has 1 aliphatic heterocycles. The van der Waals surface area contributed by atoms with Gasteiger partial charge in [0.25, 0.3) is 0 Å². The molecule has 1 nitrogen and oxygen atoms in total. The molecule has 2 aromatic carbocycles. The average molecular weight is 210 g/mol. The average Bonchev–Trinajstić information content (AvgIpc) is 2.39. The van der Waals surface area contributed by atoms with Crippen LogP contribution >= 0.6 is 0 Å². The Labute approximate surface area is 96.1 Å². The Hall–Kier alpha value is -1.60. The van der Waals surface area contributed by atoms with Gasteiger partial charge in [-0.25, -0.2) is 0 Å². The Kier molecular flexibility index (Phi) is 2.47. The Morgan fingerprint density at radius 3 is 2.50 bits per heavy atom. The summed E-state index contributed by atoms with van der Waals surface area (Å²) in [4.78, 5) is 0. The summed E-state index contributed by atoms with van der Waals surface area (Å²) in [6.07, 6.45) is 1.19. The summed E-state index contributed by atoms with van der Waals surface area (Å²) in [6, 6.07) is 20.1. The van der Waals surface area contributed by atoms with Crippen molar-refractivity contribution in [3.63, 3.8) is 0 Å². The second-order valence-electron chi connectivity index (χ2n) is 4.36. The van der Waals surface area contributed by atoms with Crippen molar-refractivity contribution in [3.8, 4) is 0 Å². The fourth-order valence-electron chi connectivity index (χ4n) is 2.57. The van der Waals surface area contributed by atoms with Gasteiger partial charge in [0.15, 0.2) is 0 Å². The highest BCUT2D eigenvalue weighted by molar-refractivity contribution is 5.36. The van der Waals surface area contributed by atoms with E-state index in [0.717, 1.165) is 0 Å². The number of hydrogen-bond acceptors (Lipinski definition) is 0. The number of rotatable bonds is 1. The molecule has 0 saturated carbocycles. The molecule has 16 heavy (non-hydrogen) atoms. The molecular weight excluding hydrogens is 194 g/mol. The van der Waals surface area contributed by atoms with Gasteiger partial charge in [0.2, 0.25) is 0 Å². The Morgan fingerprint density at radius 2 is 1.62 bits per heavy atom. The van der Waals surface area contributed by atoms with E-state index in [1.807, 2.05) is 0 Å². The first-order valence-corrected chi connectivity index (χ1v) is 5.91. The van der Waals surface area contributed by atoms with Gasteiger partial charge in [0.05, 0.1) is 6.54 Å². The molecule has 0 aliphatic carbocycles. The maximum atomic E-state index is 2.44. The molecule has 0 aromatic heterocycles. The fourth-order valence-corrected chi connectivity index (χ4v) is 2.57. The van der Waals surface area contributed by atoms with Gasteiger partial charge in [-0.2, -0.15) is 0 Å². The minimum absolute atomic E-state index is 0.492. The molecule has 0 fully saturated rings. The largest absolute Gasteiger partial charge is 0.336 e. The Balaban J connectivity index is 2.05. The molecule has 2 aromatic rings. The lowest BCUT2D eigenvalue weighted by atomic mass is 9.90. The van der Waals surface area contributed by atoms with E-state index in [1.165, 1.54) is 29.7 Å². The third kappa shape index (κ3) is 1.63. The van der Waals surface area contributed by atoms with Crippen LogP contribution in [0.15, 0.2) is 54.6 Å². The highest BCUT2D eigenvalue weighted by Crippen LogP contribution is 2.23. The zero-order chi connectivity index (χ0) is 10.8. The van der Waals surface area contributed by atoms with Gasteiger partial charge in [0, 0.05) is 17.5 Å². The maximum Gasteiger partial charge on any atom is 0.138 e. The lowest BCUT2D eigenvalue weighted by Crippen LogP contribution is -2.87. The zero-order valence-electron chi connectivity index (χ0n) is 9.27. The normalized spacial score (nSPS) is 19.1. The molecule has 80 valence electrons. The lowest BCUT2D eigenvalue weighted by molar-refractivity contribution is -0.690. The second-order valence-corrected chi connectivity index (χ2v) is 4.36. The second kappa shape index (κ2) is 4.11. The van der Waals surface area contributed by atoms with Gasteiger partial charge in [-0.15, -0.1) is 0 Å².